The number of carboxylic acid groups (broad SMARTS) is 4. The predicted molar refractivity (Wildman–Crippen MR) is 413 cm³/mol. The highest BCUT2D eigenvalue weighted by Gasteiger charge is 2.38. The maximum absolute atomic E-state index is 14.7. The van der Waals surface area contributed by atoms with E-state index in [1.165, 1.54) is 13.8 Å². The summed E-state index contributed by atoms with van der Waals surface area (Å²) in [6.45, 7) is 10.3. The molecular formula is C74H115N19O21. The Labute approximate surface area is 660 Å². The van der Waals surface area contributed by atoms with Crippen molar-refractivity contribution in [2.45, 2.75) is 237 Å². The van der Waals surface area contributed by atoms with Crippen LogP contribution in [0.15, 0.2) is 60.7 Å². The number of benzene rings is 2. The predicted octanol–water partition coefficient (Wildman–Crippen LogP) is -2.67. The SMILES string of the molecule is CC[C@H](C)[C@H](NC(=O)CCCCc1ccccc1)C(=O)N[C@@H](C)C(=O)N[C@@H](CCC(N)=O)C(=O)N[C@@H](CCC(=O)O)C(=O)N[C@@H](CC(C)C)C(=O)N[C@@H](CCCNC(=N)N)C(=O)N[C@@H](CCCNC(=N)N)C(=O)N[C@H](C(=O)NCC(=O)N[C@@H](CC(=O)O)C(=O)N[C@@H](CCC(=O)O)C(=O)N[C@@H](Cc1ccccc1)C(=O)O)[C@@H](C)CC. The standard InChI is InChI=1S/C74H115N19O21/c1-8-41(5)60(70(111)82-39-56(96)84-52(38-59(101)102)69(110)89-50(30-33-58(99)100)66(107)91-53(72(113)114)37-45-23-14-11-15-24-45)93-67(108)47(26-19-35-81-74(78)79)86-63(104)46(25-18-34-80-73(76)77)87-68(109)51(36-40(3)4)90-65(106)49(29-32-57(97)98)88-64(105)48(28-31-54(75)94)85-62(103)43(7)83-71(112)61(42(6)9-2)92-55(95)27-17-16-22-44-20-12-10-13-21-44/h10-15,20-21,23-24,40-43,46-53,60-61H,8-9,16-19,22,25-39H2,1-7H3,(H2,75,94)(H,82,111)(H,83,112)(H,84,96)(H,85,103)(H,86,104)(H,87,109)(H,88,105)(H,89,110)(H,90,106)(H,91,107)(H,92,95)(H,93,108)(H,97,98)(H,99,100)(H,101,102)(H,113,114)(H4,76,77,80)(H4,78,79,81)/t41-,42-,43-,46-,47-,48-,49-,50-,51-,52-,53-,60-,61-/m0/s1. The third kappa shape index (κ3) is 39.7. The topological polar surface area (TPSA) is 665 Å². The Balaban J connectivity index is 2.47. The molecule has 0 aliphatic heterocycles. The average Bonchev–Trinajstić information content (AvgIpc) is 0.859. The van der Waals surface area contributed by atoms with Crippen molar-refractivity contribution in [3.05, 3.63) is 71.8 Å². The molecule has 0 aromatic heterocycles. The summed E-state index contributed by atoms with van der Waals surface area (Å²) in [5.41, 5.74) is 18.1. The van der Waals surface area contributed by atoms with E-state index < -0.39 is 248 Å². The number of hydrogen-bond acceptors (Lipinski definition) is 19. The van der Waals surface area contributed by atoms with Gasteiger partial charge in [-0.2, -0.15) is 0 Å². The van der Waals surface area contributed by atoms with Crippen molar-refractivity contribution in [2.24, 2.45) is 35.0 Å². The molecule has 13 atom stereocenters. The summed E-state index contributed by atoms with van der Waals surface area (Å²) >= 11 is 0. The molecule has 40 nitrogen and oxygen atoms in total. The van der Waals surface area contributed by atoms with Gasteiger partial charge in [0.25, 0.3) is 0 Å². The monoisotopic (exact) mass is 1610 g/mol. The number of unbranched alkanes of at least 4 members (excludes halogenated alkanes) is 1. The summed E-state index contributed by atoms with van der Waals surface area (Å²) in [5.74, 6) is -21.5. The van der Waals surface area contributed by atoms with Crippen molar-refractivity contribution in [3.63, 3.8) is 0 Å². The average molecular weight is 1610 g/mol. The molecule has 26 N–H and O–H groups in total. The van der Waals surface area contributed by atoms with Crippen molar-refractivity contribution in [1.82, 2.24) is 74.4 Å². The van der Waals surface area contributed by atoms with Crippen molar-refractivity contribution >= 4 is 113 Å². The number of rotatable bonds is 56. The molecule has 0 saturated carbocycles. The maximum atomic E-state index is 14.7. The molecule has 0 radical (unpaired) electrons. The van der Waals surface area contributed by atoms with Gasteiger partial charge in [0.1, 0.15) is 66.5 Å². The van der Waals surface area contributed by atoms with Crippen LogP contribution >= 0.6 is 0 Å². The molecule has 2 aromatic carbocycles. The second kappa shape index (κ2) is 52.3. The fourth-order valence-electron chi connectivity index (χ4n) is 11.3. The fraction of sp³-hybridized carbons (Fsp3) is 0.581. The van der Waals surface area contributed by atoms with E-state index in [1.807, 2.05) is 30.3 Å². The largest absolute Gasteiger partial charge is 0.481 e. The van der Waals surface area contributed by atoms with Crippen molar-refractivity contribution in [2.75, 3.05) is 19.6 Å². The Kier molecular flexibility index (Phi) is 44.9. The number of carbonyl (C=O) groups is 17. The smallest absolute Gasteiger partial charge is 0.326 e. The summed E-state index contributed by atoms with van der Waals surface area (Å²) in [6, 6.07) is 0.218. The maximum Gasteiger partial charge on any atom is 0.326 e. The van der Waals surface area contributed by atoms with E-state index in [1.54, 1.807) is 65.0 Å². The van der Waals surface area contributed by atoms with Crippen LogP contribution in [0, 0.1) is 28.6 Å². The zero-order chi connectivity index (χ0) is 85.7. The highest BCUT2D eigenvalue weighted by Crippen LogP contribution is 2.16. The van der Waals surface area contributed by atoms with Crippen LogP contribution < -0.4 is 91.6 Å². The number of carboxylic acids is 4. The van der Waals surface area contributed by atoms with Crippen LogP contribution in [0.5, 0.6) is 0 Å². The third-order valence-corrected chi connectivity index (χ3v) is 18.1. The van der Waals surface area contributed by atoms with Crippen LogP contribution in [0.2, 0.25) is 0 Å². The number of hydrogen-bond donors (Lipinski definition) is 23. The molecule has 632 valence electrons. The quantitative estimate of drug-likeness (QED) is 0.0182. The summed E-state index contributed by atoms with van der Waals surface area (Å²) < 4.78 is 0. The van der Waals surface area contributed by atoms with Gasteiger partial charge >= 0.3 is 23.9 Å². The molecule has 40 heteroatoms. The Hall–Kier alpha value is -12.0. The Morgan fingerprint density at radius 1 is 0.377 bits per heavy atom. The van der Waals surface area contributed by atoms with Gasteiger partial charge in [0.2, 0.25) is 76.8 Å². The molecule has 0 fully saturated rings. The van der Waals surface area contributed by atoms with Gasteiger partial charge in [-0.15, -0.1) is 0 Å². The van der Waals surface area contributed by atoms with Gasteiger partial charge in [0, 0.05) is 45.2 Å². The molecule has 114 heavy (non-hydrogen) atoms. The summed E-state index contributed by atoms with van der Waals surface area (Å²) in [4.78, 5) is 228. The molecule has 0 heterocycles. The van der Waals surface area contributed by atoms with E-state index >= 15 is 0 Å². The van der Waals surface area contributed by atoms with Gasteiger partial charge in [-0.25, -0.2) is 4.79 Å². The molecule has 13 amide bonds. The first kappa shape index (κ1) is 98.0. The normalized spacial score (nSPS) is 14.4. The van der Waals surface area contributed by atoms with Gasteiger partial charge in [-0.05, 0) is 106 Å². The lowest BCUT2D eigenvalue weighted by molar-refractivity contribution is -0.143. The number of primary amides is 1. The van der Waals surface area contributed by atoms with Crippen LogP contribution in [0.1, 0.15) is 169 Å². The lowest BCUT2D eigenvalue weighted by Gasteiger charge is -2.29. The first-order chi connectivity index (χ1) is 53.7. The fourth-order valence-corrected chi connectivity index (χ4v) is 11.3. The lowest BCUT2D eigenvalue weighted by atomic mass is 9.97. The van der Waals surface area contributed by atoms with Crippen molar-refractivity contribution in [3.8, 4) is 0 Å². The summed E-state index contributed by atoms with van der Waals surface area (Å²) in [7, 11) is 0. The molecule has 2 rings (SSSR count). The summed E-state index contributed by atoms with van der Waals surface area (Å²) in [5, 5.41) is 88.6. The summed E-state index contributed by atoms with van der Waals surface area (Å²) in [6.07, 6.45) is -3.02. The molecule has 0 aliphatic rings. The minimum absolute atomic E-state index is 0.000537. The molecule has 0 spiro atoms. The van der Waals surface area contributed by atoms with E-state index in [0.29, 0.717) is 24.8 Å². The molecule has 0 saturated heterocycles. The molecule has 0 unspecified atom stereocenters. The highest BCUT2D eigenvalue weighted by atomic mass is 16.4. The van der Waals surface area contributed by atoms with Gasteiger partial charge in [0.05, 0.1) is 13.0 Å². The number of carbonyl (C=O) groups excluding carboxylic acids is 13. The number of amides is 13. The number of guanidine groups is 2. The molecule has 0 aliphatic carbocycles. The second-order valence-electron chi connectivity index (χ2n) is 28.1. The Morgan fingerprint density at radius 2 is 0.781 bits per heavy atom. The van der Waals surface area contributed by atoms with Crippen LogP contribution in [-0.4, -0.2) is 219 Å². The minimum atomic E-state index is -1.99. The van der Waals surface area contributed by atoms with E-state index in [2.05, 4.69) is 74.4 Å². The molecule has 0 bridgehead atoms. The molecular weight excluding hydrogens is 1490 g/mol. The zero-order valence-electron chi connectivity index (χ0n) is 65.4. The van der Waals surface area contributed by atoms with Crippen molar-refractivity contribution in [1.29, 1.82) is 10.8 Å². The molecule has 2 aromatic rings. The second-order valence-corrected chi connectivity index (χ2v) is 28.1. The van der Waals surface area contributed by atoms with Gasteiger partial charge in [0.15, 0.2) is 11.9 Å². The third-order valence-electron chi connectivity index (χ3n) is 18.1. The zero-order valence-corrected chi connectivity index (χ0v) is 65.4. The van der Waals surface area contributed by atoms with Gasteiger partial charge in [-0.1, -0.05) is 115 Å². The van der Waals surface area contributed by atoms with Crippen LogP contribution in [0.4, 0.5) is 0 Å². The number of aliphatic carboxylic acids is 4. The number of nitrogens with two attached hydrogens (primary N) is 3. The van der Waals surface area contributed by atoms with E-state index in [4.69, 9.17) is 28.0 Å². The first-order valence-corrected chi connectivity index (χ1v) is 37.8. The van der Waals surface area contributed by atoms with E-state index in [9.17, 15) is 102 Å². The number of nitrogens with one attached hydrogen (secondary N) is 16. The number of aryl methyl sites for hydroxylation is 1. The first-order valence-electron chi connectivity index (χ1n) is 37.8. The van der Waals surface area contributed by atoms with Gasteiger partial charge in [-0.3, -0.25) is 87.5 Å². The van der Waals surface area contributed by atoms with Crippen LogP contribution in [0.3, 0.4) is 0 Å². The minimum Gasteiger partial charge on any atom is -0.481 e. The van der Waals surface area contributed by atoms with E-state index in [0.717, 1.165) is 12.0 Å². The van der Waals surface area contributed by atoms with Crippen LogP contribution in [0.25, 0.3) is 0 Å². The Bertz CT molecular complexity index is 3610. The highest BCUT2D eigenvalue weighted by molar-refractivity contribution is 6.00. The Morgan fingerprint density at radius 3 is 1.21 bits per heavy atom. The van der Waals surface area contributed by atoms with E-state index in [-0.39, 0.29) is 64.5 Å². The van der Waals surface area contributed by atoms with Gasteiger partial charge < -0.3 is 112 Å². The van der Waals surface area contributed by atoms with Crippen molar-refractivity contribution < 1.29 is 102 Å². The lowest BCUT2D eigenvalue weighted by Crippen LogP contribution is -2.61. The van der Waals surface area contributed by atoms with Crippen LogP contribution in [-0.2, 0) is 94.3 Å².